The zero-order chi connectivity index (χ0) is 22.2. The van der Waals surface area contributed by atoms with Crippen LogP contribution in [0.5, 0.6) is 0 Å². The number of aromatic nitrogens is 1. The summed E-state index contributed by atoms with van der Waals surface area (Å²) in [5.41, 5.74) is 0.713. The molecule has 2 heterocycles. The number of sulfonamides is 1. The summed E-state index contributed by atoms with van der Waals surface area (Å²) in [7, 11) is -3.58. The number of piperidine rings is 1. The van der Waals surface area contributed by atoms with Crippen LogP contribution in [0.25, 0.3) is 10.2 Å². The Labute approximate surface area is 184 Å². The summed E-state index contributed by atoms with van der Waals surface area (Å²) >= 11 is 1.24. The minimum absolute atomic E-state index is 0.172. The molecule has 0 aliphatic carbocycles. The van der Waals surface area contributed by atoms with Crippen molar-refractivity contribution >= 4 is 37.5 Å². The van der Waals surface area contributed by atoms with E-state index in [2.05, 4.69) is 4.99 Å². The Bertz CT molecular complexity index is 1290. The highest BCUT2D eigenvalue weighted by atomic mass is 32.2. The first-order valence-electron chi connectivity index (χ1n) is 10.3. The van der Waals surface area contributed by atoms with Crippen molar-refractivity contribution in [1.82, 2.24) is 8.87 Å². The molecular weight excluding hydrogens is 437 g/mol. The second kappa shape index (κ2) is 8.64. The highest BCUT2D eigenvalue weighted by Gasteiger charge is 2.28. The first kappa shape index (κ1) is 21.9. The maximum atomic E-state index is 14.2. The van der Waals surface area contributed by atoms with Crippen molar-refractivity contribution in [3.8, 4) is 0 Å². The van der Waals surface area contributed by atoms with Crippen molar-refractivity contribution in [3.05, 3.63) is 58.6 Å². The maximum Gasteiger partial charge on any atom is 0.279 e. The van der Waals surface area contributed by atoms with Gasteiger partial charge in [-0.3, -0.25) is 4.79 Å². The lowest BCUT2D eigenvalue weighted by atomic mass is 10.0. The fourth-order valence-electron chi connectivity index (χ4n) is 3.90. The standard InChI is InChI=1S/C22H24FN3O3S2/c1-3-26-20-18(23)7-4-8-19(20)30-22(26)24-21(27)16-9-11-17(12-10-16)31(28,29)25-13-5-6-15(2)14-25/h4,7-12,15H,3,5-6,13-14H2,1-2H3. The Kier molecular flexibility index (Phi) is 6.09. The van der Waals surface area contributed by atoms with E-state index in [4.69, 9.17) is 0 Å². The van der Waals surface area contributed by atoms with Gasteiger partial charge in [-0.2, -0.15) is 9.30 Å². The molecule has 4 rings (SSSR count). The van der Waals surface area contributed by atoms with Crippen molar-refractivity contribution in [3.63, 3.8) is 0 Å². The maximum absolute atomic E-state index is 14.2. The minimum Gasteiger partial charge on any atom is -0.314 e. The molecule has 1 saturated heterocycles. The number of amides is 1. The number of halogens is 1. The molecular formula is C22H24FN3O3S2. The van der Waals surface area contributed by atoms with Gasteiger partial charge in [-0.15, -0.1) is 0 Å². The first-order valence-corrected chi connectivity index (χ1v) is 12.5. The van der Waals surface area contributed by atoms with Gasteiger partial charge < -0.3 is 4.57 Å². The van der Waals surface area contributed by atoms with Crippen LogP contribution in [0.15, 0.2) is 52.4 Å². The lowest BCUT2D eigenvalue weighted by molar-refractivity contribution is 0.0997. The predicted molar refractivity (Wildman–Crippen MR) is 119 cm³/mol. The molecule has 0 bridgehead atoms. The highest BCUT2D eigenvalue weighted by Crippen LogP contribution is 2.24. The number of fused-ring (bicyclic) bond motifs is 1. The average Bonchev–Trinajstić information content (AvgIpc) is 3.12. The van der Waals surface area contributed by atoms with E-state index in [0.717, 1.165) is 12.8 Å². The number of thiazole rings is 1. The summed E-state index contributed by atoms with van der Waals surface area (Å²) in [6, 6.07) is 10.7. The van der Waals surface area contributed by atoms with Crippen LogP contribution in [0.4, 0.5) is 4.39 Å². The number of hydrogen-bond acceptors (Lipinski definition) is 4. The molecule has 0 spiro atoms. The Hall–Kier alpha value is -2.36. The Balaban J connectivity index is 1.64. The van der Waals surface area contributed by atoms with E-state index in [1.807, 2.05) is 13.8 Å². The lowest BCUT2D eigenvalue weighted by Gasteiger charge is -2.30. The fraction of sp³-hybridized carbons (Fsp3) is 0.364. The number of hydrogen-bond donors (Lipinski definition) is 0. The van der Waals surface area contributed by atoms with Crippen LogP contribution in [-0.2, 0) is 16.6 Å². The van der Waals surface area contributed by atoms with Crippen LogP contribution >= 0.6 is 11.3 Å². The molecule has 1 unspecified atom stereocenters. The van der Waals surface area contributed by atoms with Crippen LogP contribution in [0, 0.1) is 11.7 Å². The van der Waals surface area contributed by atoms with Crippen LogP contribution in [0.1, 0.15) is 37.0 Å². The SMILES string of the molecule is CCn1c(=NC(=O)c2ccc(S(=O)(=O)N3CCCC(C)C3)cc2)sc2cccc(F)c21. The van der Waals surface area contributed by atoms with Gasteiger partial charge in [0.05, 0.1) is 15.1 Å². The Morgan fingerprint density at radius 2 is 1.97 bits per heavy atom. The topological polar surface area (TPSA) is 71.7 Å². The monoisotopic (exact) mass is 461 g/mol. The fourth-order valence-corrected chi connectivity index (χ4v) is 6.61. The molecule has 9 heteroatoms. The normalized spacial score (nSPS) is 18.5. The lowest BCUT2D eigenvalue weighted by Crippen LogP contribution is -2.39. The van der Waals surface area contributed by atoms with Crippen molar-refractivity contribution in [2.75, 3.05) is 13.1 Å². The summed E-state index contributed by atoms with van der Waals surface area (Å²) in [6.45, 7) is 5.41. The molecule has 6 nitrogen and oxygen atoms in total. The third-order valence-corrected chi connectivity index (χ3v) is 8.45. The van der Waals surface area contributed by atoms with Crippen molar-refractivity contribution in [2.24, 2.45) is 10.9 Å². The van der Waals surface area contributed by atoms with E-state index in [9.17, 15) is 17.6 Å². The molecule has 1 atom stereocenters. The molecule has 1 aliphatic rings. The van der Waals surface area contributed by atoms with Gasteiger partial charge in [0.25, 0.3) is 5.91 Å². The van der Waals surface area contributed by atoms with E-state index in [0.29, 0.717) is 40.6 Å². The highest BCUT2D eigenvalue weighted by molar-refractivity contribution is 7.89. The average molecular weight is 462 g/mol. The van der Waals surface area contributed by atoms with Gasteiger partial charge in [-0.25, -0.2) is 12.8 Å². The van der Waals surface area contributed by atoms with Crippen LogP contribution in [0.2, 0.25) is 0 Å². The third-order valence-electron chi connectivity index (χ3n) is 5.52. The second-order valence-electron chi connectivity index (χ2n) is 7.77. The van der Waals surface area contributed by atoms with E-state index < -0.39 is 15.9 Å². The van der Waals surface area contributed by atoms with Gasteiger partial charge in [-0.05, 0) is 62.1 Å². The Morgan fingerprint density at radius 3 is 2.65 bits per heavy atom. The first-order chi connectivity index (χ1) is 14.8. The molecule has 1 amide bonds. The van der Waals surface area contributed by atoms with Gasteiger partial charge in [0.1, 0.15) is 5.82 Å². The van der Waals surface area contributed by atoms with Gasteiger partial charge in [0.2, 0.25) is 10.0 Å². The number of aryl methyl sites for hydroxylation is 1. The number of nitrogens with zero attached hydrogens (tertiary/aromatic N) is 3. The zero-order valence-corrected chi connectivity index (χ0v) is 19.0. The molecule has 31 heavy (non-hydrogen) atoms. The smallest absolute Gasteiger partial charge is 0.279 e. The molecule has 1 fully saturated rings. The van der Waals surface area contributed by atoms with Crippen molar-refractivity contribution in [1.29, 1.82) is 0 Å². The van der Waals surface area contributed by atoms with E-state index in [1.165, 1.54) is 46.0 Å². The van der Waals surface area contributed by atoms with Gasteiger partial charge in [-0.1, -0.05) is 24.3 Å². The number of carbonyl (C=O) groups is 1. The molecule has 164 valence electrons. The minimum atomic E-state index is -3.58. The number of carbonyl (C=O) groups excluding carboxylic acids is 1. The van der Waals surface area contributed by atoms with Crippen molar-refractivity contribution < 1.29 is 17.6 Å². The van der Waals surface area contributed by atoms with Crippen LogP contribution in [-0.4, -0.2) is 36.3 Å². The molecule has 1 aromatic heterocycles. The summed E-state index contributed by atoms with van der Waals surface area (Å²) in [5, 5.41) is 0. The zero-order valence-electron chi connectivity index (χ0n) is 17.4. The van der Waals surface area contributed by atoms with Crippen LogP contribution < -0.4 is 4.80 Å². The predicted octanol–water partition coefficient (Wildman–Crippen LogP) is 4.02. The van der Waals surface area contributed by atoms with E-state index >= 15 is 0 Å². The summed E-state index contributed by atoms with van der Waals surface area (Å²) in [5.74, 6) is -0.518. The van der Waals surface area contributed by atoms with Gasteiger partial charge in [0, 0.05) is 25.2 Å². The number of para-hydroxylation sites is 1. The quantitative estimate of drug-likeness (QED) is 0.589. The van der Waals surface area contributed by atoms with Gasteiger partial charge >= 0.3 is 0 Å². The molecule has 2 aromatic carbocycles. The van der Waals surface area contributed by atoms with Gasteiger partial charge in [0.15, 0.2) is 4.80 Å². The largest absolute Gasteiger partial charge is 0.314 e. The molecule has 0 radical (unpaired) electrons. The molecule has 0 N–H and O–H groups in total. The van der Waals surface area contributed by atoms with E-state index in [-0.39, 0.29) is 16.3 Å². The summed E-state index contributed by atoms with van der Waals surface area (Å²) in [4.78, 5) is 17.5. The summed E-state index contributed by atoms with van der Waals surface area (Å²) < 4.78 is 43.9. The number of rotatable bonds is 4. The van der Waals surface area contributed by atoms with Crippen LogP contribution in [0.3, 0.4) is 0 Å². The third kappa shape index (κ3) is 4.22. The second-order valence-corrected chi connectivity index (χ2v) is 10.7. The van der Waals surface area contributed by atoms with Crippen molar-refractivity contribution in [2.45, 2.75) is 38.1 Å². The molecule has 1 aliphatic heterocycles. The number of benzene rings is 2. The summed E-state index contributed by atoms with van der Waals surface area (Å²) in [6.07, 6.45) is 1.88. The van der Waals surface area contributed by atoms with E-state index in [1.54, 1.807) is 16.7 Å². The molecule has 0 saturated carbocycles. The Morgan fingerprint density at radius 1 is 1.23 bits per heavy atom. The molecule has 3 aromatic rings.